The molecule has 3 nitrogen and oxygen atoms in total. The topological polar surface area (TPSA) is 46.5 Å². The first-order chi connectivity index (χ1) is 8.10. The fourth-order valence-corrected chi connectivity index (χ4v) is 1.56. The Labute approximate surface area is 100 Å². The molecule has 1 atom stereocenters. The van der Waals surface area contributed by atoms with Crippen molar-refractivity contribution in [3.63, 3.8) is 0 Å². The molecule has 0 aliphatic rings. The predicted molar refractivity (Wildman–Crippen MR) is 62.2 cm³/mol. The maximum atomic E-state index is 13.6. The average Bonchev–Trinajstić information content (AvgIpc) is 2.31. The highest BCUT2D eigenvalue weighted by atomic mass is 19.1. The van der Waals surface area contributed by atoms with E-state index < -0.39 is 11.7 Å². The van der Waals surface area contributed by atoms with Crippen LogP contribution in [0, 0.1) is 5.82 Å². The number of aliphatic hydroxyl groups is 1. The molecule has 1 unspecified atom stereocenters. The lowest BCUT2D eigenvalue weighted by Gasteiger charge is -2.12. The Morgan fingerprint density at radius 2 is 2.24 bits per heavy atom. The van der Waals surface area contributed by atoms with E-state index in [-0.39, 0.29) is 19.0 Å². The van der Waals surface area contributed by atoms with Gasteiger partial charge < -0.3 is 9.84 Å². The van der Waals surface area contributed by atoms with E-state index in [1.165, 1.54) is 6.07 Å². The quantitative estimate of drug-likeness (QED) is 0.801. The van der Waals surface area contributed by atoms with Crippen molar-refractivity contribution in [1.29, 1.82) is 0 Å². The molecule has 0 fully saturated rings. The normalized spacial score (nSPS) is 12.2. The molecule has 0 saturated carbocycles. The summed E-state index contributed by atoms with van der Waals surface area (Å²) in [5, 5.41) is 8.74. The summed E-state index contributed by atoms with van der Waals surface area (Å²) in [6, 6.07) is 4.61. The average molecular weight is 240 g/mol. The summed E-state index contributed by atoms with van der Waals surface area (Å²) < 4.78 is 18.5. The van der Waals surface area contributed by atoms with Gasteiger partial charge in [0.15, 0.2) is 0 Å². The first-order valence-electron chi connectivity index (χ1n) is 5.66. The Morgan fingerprint density at radius 1 is 1.53 bits per heavy atom. The standard InChI is InChI=1S/C13H17FO3/c1-3-17-13(16)9(2)11-5-4-10(6-7-15)12(14)8-11/h4-5,8-9,15H,3,6-7H2,1-2H3. The summed E-state index contributed by atoms with van der Waals surface area (Å²) in [5.41, 5.74) is 1.04. The van der Waals surface area contributed by atoms with Crippen molar-refractivity contribution in [2.45, 2.75) is 26.2 Å². The number of carbonyl (C=O) groups excluding carboxylic acids is 1. The largest absolute Gasteiger partial charge is 0.466 e. The molecular formula is C13H17FO3. The summed E-state index contributed by atoms with van der Waals surface area (Å²) >= 11 is 0. The van der Waals surface area contributed by atoms with Crippen molar-refractivity contribution in [2.24, 2.45) is 0 Å². The van der Waals surface area contributed by atoms with E-state index in [1.807, 2.05) is 0 Å². The van der Waals surface area contributed by atoms with E-state index in [1.54, 1.807) is 26.0 Å². The van der Waals surface area contributed by atoms with Crippen molar-refractivity contribution in [2.75, 3.05) is 13.2 Å². The van der Waals surface area contributed by atoms with Crippen LogP contribution in [0.4, 0.5) is 4.39 Å². The zero-order valence-corrected chi connectivity index (χ0v) is 10.1. The Bertz CT molecular complexity index is 390. The third-order valence-corrected chi connectivity index (χ3v) is 2.60. The number of hydrogen-bond donors (Lipinski definition) is 1. The number of carbonyl (C=O) groups is 1. The van der Waals surface area contributed by atoms with Crippen LogP contribution in [-0.2, 0) is 16.0 Å². The fourth-order valence-electron chi connectivity index (χ4n) is 1.56. The van der Waals surface area contributed by atoms with Crippen LogP contribution in [0.15, 0.2) is 18.2 Å². The number of halogens is 1. The minimum atomic E-state index is -0.479. The second-order valence-corrected chi connectivity index (χ2v) is 3.80. The molecule has 17 heavy (non-hydrogen) atoms. The van der Waals surface area contributed by atoms with Gasteiger partial charge in [0.25, 0.3) is 0 Å². The zero-order chi connectivity index (χ0) is 12.8. The monoisotopic (exact) mass is 240 g/mol. The number of benzene rings is 1. The van der Waals surface area contributed by atoms with Crippen molar-refractivity contribution in [3.8, 4) is 0 Å². The minimum Gasteiger partial charge on any atom is -0.466 e. The van der Waals surface area contributed by atoms with E-state index in [9.17, 15) is 9.18 Å². The molecular weight excluding hydrogens is 223 g/mol. The fraction of sp³-hybridized carbons (Fsp3) is 0.462. The highest BCUT2D eigenvalue weighted by Crippen LogP contribution is 2.20. The number of rotatable bonds is 5. The second kappa shape index (κ2) is 6.35. The zero-order valence-electron chi connectivity index (χ0n) is 10.1. The van der Waals surface area contributed by atoms with Crippen LogP contribution in [0.5, 0.6) is 0 Å². The highest BCUT2D eigenvalue weighted by Gasteiger charge is 2.17. The number of ether oxygens (including phenoxy) is 1. The van der Waals surface area contributed by atoms with Crippen LogP contribution >= 0.6 is 0 Å². The van der Waals surface area contributed by atoms with Gasteiger partial charge in [0, 0.05) is 6.61 Å². The molecule has 0 radical (unpaired) electrons. The summed E-state index contributed by atoms with van der Waals surface area (Å²) in [7, 11) is 0. The van der Waals surface area contributed by atoms with Gasteiger partial charge in [0.2, 0.25) is 0 Å². The lowest BCUT2D eigenvalue weighted by atomic mass is 9.99. The Kier molecular flexibility index (Phi) is 5.10. The first-order valence-corrected chi connectivity index (χ1v) is 5.66. The van der Waals surface area contributed by atoms with Crippen LogP contribution in [0.3, 0.4) is 0 Å². The summed E-state index contributed by atoms with van der Waals surface area (Å²) in [4.78, 5) is 11.5. The molecule has 0 aliphatic carbocycles. The molecule has 0 heterocycles. The van der Waals surface area contributed by atoms with Crippen molar-refractivity contribution in [3.05, 3.63) is 35.1 Å². The third kappa shape index (κ3) is 3.53. The van der Waals surface area contributed by atoms with Crippen molar-refractivity contribution >= 4 is 5.97 Å². The van der Waals surface area contributed by atoms with Gasteiger partial charge in [-0.3, -0.25) is 4.79 Å². The van der Waals surface area contributed by atoms with Crippen molar-refractivity contribution < 1.29 is 19.0 Å². The first kappa shape index (κ1) is 13.6. The molecule has 0 aromatic heterocycles. The van der Waals surface area contributed by atoms with E-state index in [4.69, 9.17) is 9.84 Å². The minimum absolute atomic E-state index is 0.0936. The molecule has 0 spiro atoms. The molecule has 0 aliphatic heterocycles. The van der Waals surface area contributed by atoms with E-state index >= 15 is 0 Å². The molecule has 1 N–H and O–H groups in total. The van der Waals surface area contributed by atoms with Gasteiger partial charge in [-0.2, -0.15) is 0 Å². The number of esters is 1. The van der Waals surface area contributed by atoms with Gasteiger partial charge in [-0.1, -0.05) is 12.1 Å². The van der Waals surface area contributed by atoms with Gasteiger partial charge in [0.05, 0.1) is 12.5 Å². The van der Waals surface area contributed by atoms with Crippen molar-refractivity contribution in [1.82, 2.24) is 0 Å². The Balaban J connectivity index is 2.85. The van der Waals surface area contributed by atoms with Crippen LogP contribution in [0.1, 0.15) is 30.9 Å². The summed E-state index contributed by atoms with van der Waals surface area (Å²) in [5.74, 6) is -1.23. The number of aliphatic hydroxyl groups excluding tert-OH is 1. The molecule has 0 amide bonds. The van der Waals surface area contributed by atoms with Gasteiger partial charge in [0.1, 0.15) is 5.82 Å². The smallest absolute Gasteiger partial charge is 0.313 e. The van der Waals surface area contributed by atoms with E-state index in [0.717, 1.165) is 0 Å². The van der Waals surface area contributed by atoms with Crippen LogP contribution in [0.25, 0.3) is 0 Å². The maximum absolute atomic E-state index is 13.6. The Hall–Kier alpha value is -1.42. The van der Waals surface area contributed by atoms with E-state index in [2.05, 4.69) is 0 Å². The number of hydrogen-bond acceptors (Lipinski definition) is 3. The Morgan fingerprint density at radius 3 is 2.76 bits per heavy atom. The molecule has 0 saturated heterocycles. The van der Waals surface area contributed by atoms with Crippen LogP contribution in [0.2, 0.25) is 0 Å². The molecule has 1 aromatic rings. The lowest BCUT2D eigenvalue weighted by Crippen LogP contribution is -2.13. The summed E-state index contributed by atoms with van der Waals surface area (Å²) in [6.45, 7) is 3.63. The highest BCUT2D eigenvalue weighted by molar-refractivity contribution is 5.77. The predicted octanol–water partition coefficient (Wildman–Crippen LogP) is 2.03. The maximum Gasteiger partial charge on any atom is 0.313 e. The SMILES string of the molecule is CCOC(=O)C(C)c1ccc(CCO)c(F)c1. The van der Waals surface area contributed by atoms with Gasteiger partial charge in [-0.15, -0.1) is 0 Å². The van der Waals surface area contributed by atoms with Gasteiger partial charge in [-0.25, -0.2) is 4.39 Å². The molecule has 4 heteroatoms. The van der Waals surface area contributed by atoms with Crippen LogP contribution in [-0.4, -0.2) is 24.3 Å². The van der Waals surface area contributed by atoms with Gasteiger partial charge in [-0.05, 0) is 37.5 Å². The molecule has 94 valence electrons. The van der Waals surface area contributed by atoms with E-state index in [0.29, 0.717) is 17.7 Å². The third-order valence-electron chi connectivity index (χ3n) is 2.60. The van der Waals surface area contributed by atoms with Crippen LogP contribution < -0.4 is 0 Å². The summed E-state index contributed by atoms with van der Waals surface area (Å²) in [6.07, 6.45) is 0.278. The second-order valence-electron chi connectivity index (χ2n) is 3.80. The molecule has 1 rings (SSSR count). The molecule has 1 aromatic carbocycles. The van der Waals surface area contributed by atoms with Gasteiger partial charge >= 0.3 is 5.97 Å². The lowest BCUT2D eigenvalue weighted by molar-refractivity contribution is -0.144. The molecule has 0 bridgehead atoms.